The first-order valence-corrected chi connectivity index (χ1v) is 11.6. The Balaban J connectivity index is 1.86. The molecule has 0 aromatic heterocycles. The largest absolute Gasteiger partial charge is 0.416 e. The van der Waals surface area contributed by atoms with Gasteiger partial charge in [0.05, 0.1) is 18.8 Å². The molecule has 0 aromatic rings. The van der Waals surface area contributed by atoms with Gasteiger partial charge in [-0.2, -0.15) is 0 Å². The van der Waals surface area contributed by atoms with Crippen LogP contribution >= 0.6 is 0 Å². The second-order valence-corrected chi connectivity index (χ2v) is 14.0. The minimum Gasteiger partial charge on any atom is -0.416 e. The summed E-state index contributed by atoms with van der Waals surface area (Å²) in [6.45, 7) is 17.7. The summed E-state index contributed by atoms with van der Waals surface area (Å²) in [6, 6.07) is 0. The van der Waals surface area contributed by atoms with Crippen molar-refractivity contribution in [1.29, 1.82) is 0 Å². The maximum atomic E-state index is 11.2. The van der Waals surface area contributed by atoms with E-state index < -0.39 is 13.9 Å². The third kappa shape index (κ3) is 1.97. The van der Waals surface area contributed by atoms with E-state index in [2.05, 4.69) is 40.4 Å². The van der Waals surface area contributed by atoms with Crippen LogP contribution in [0.4, 0.5) is 0 Å². The van der Waals surface area contributed by atoms with E-state index in [-0.39, 0.29) is 10.5 Å². The van der Waals surface area contributed by atoms with Crippen LogP contribution in [0, 0.1) is 23.2 Å². The van der Waals surface area contributed by atoms with Gasteiger partial charge < -0.3 is 14.3 Å². The van der Waals surface area contributed by atoms with Crippen molar-refractivity contribution < 1.29 is 14.3 Å². The second-order valence-electron chi connectivity index (χ2n) is 9.17. The summed E-state index contributed by atoms with van der Waals surface area (Å²) in [6.07, 6.45) is 3.69. The van der Waals surface area contributed by atoms with Crippen LogP contribution in [0.15, 0.2) is 12.7 Å². The minimum atomic E-state index is -1.82. The number of rotatable bonds is 4. The highest BCUT2D eigenvalue weighted by Gasteiger charge is 2.74. The third-order valence-corrected chi connectivity index (χ3v) is 11.9. The topological polar surface area (TPSA) is 38.7 Å². The standard InChI is InChI=1S/C18H32O3Si/c1-7-17(19)9-8-14-13-10-20-11-15(13)18(14,17)12-21-22(5,6)16(2,3)4/h7,13-15,19H,1,8-12H2,2-6H3/t13-,14-,15-,17-,18-/m0/s1. The molecule has 5 atom stereocenters. The predicted octanol–water partition coefficient (Wildman–Crippen LogP) is 3.60. The van der Waals surface area contributed by atoms with Gasteiger partial charge in [-0.3, -0.25) is 0 Å². The molecule has 0 radical (unpaired) electrons. The van der Waals surface area contributed by atoms with Crippen LogP contribution in [0.3, 0.4) is 0 Å². The Morgan fingerprint density at radius 2 is 2.00 bits per heavy atom. The van der Waals surface area contributed by atoms with E-state index in [4.69, 9.17) is 9.16 Å². The summed E-state index contributed by atoms with van der Waals surface area (Å²) in [5.74, 6) is 1.59. The summed E-state index contributed by atoms with van der Waals surface area (Å²) in [5.41, 5.74) is -0.944. The highest BCUT2D eigenvalue weighted by atomic mass is 28.4. The SMILES string of the molecule is C=C[C@]1(O)CC[C@H]2[C@@H]3COC[C@@H]3[C@]21CO[Si](C)(C)C(C)(C)C. The van der Waals surface area contributed by atoms with Crippen molar-refractivity contribution in [2.45, 2.75) is 57.3 Å². The average Bonchev–Trinajstić information content (AvgIpc) is 2.92. The van der Waals surface area contributed by atoms with Gasteiger partial charge in [0.15, 0.2) is 8.32 Å². The van der Waals surface area contributed by atoms with E-state index in [0.29, 0.717) is 24.4 Å². The summed E-state index contributed by atoms with van der Waals surface area (Å²) < 4.78 is 12.3. The number of aliphatic hydroxyl groups is 1. The first-order chi connectivity index (χ1) is 10.1. The molecule has 4 heteroatoms. The molecule has 3 aliphatic rings. The lowest BCUT2D eigenvalue weighted by atomic mass is 9.46. The predicted molar refractivity (Wildman–Crippen MR) is 91.3 cm³/mol. The maximum absolute atomic E-state index is 11.2. The van der Waals surface area contributed by atoms with E-state index in [1.165, 1.54) is 0 Å². The highest BCUT2D eigenvalue weighted by Crippen LogP contribution is 2.70. The summed E-state index contributed by atoms with van der Waals surface area (Å²) in [5, 5.41) is 11.4. The molecule has 2 aliphatic carbocycles. The molecular weight excluding hydrogens is 292 g/mol. The lowest BCUT2D eigenvalue weighted by molar-refractivity contribution is -0.186. The van der Waals surface area contributed by atoms with Gasteiger partial charge >= 0.3 is 0 Å². The molecule has 126 valence electrons. The van der Waals surface area contributed by atoms with Gasteiger partial charge in [0.1, 0.15) is 0 Å². The van der Waals surface area contributed by atoms with E-state index in [1.807, 2.05) is 0 Å². The third-order valence-electron chi connectivity index (χ3n) is 7.42. The van der Waals surface area contributed by atoms with Gasteiger partial charge in [0.25, 0.3) is 0 Å². The quantitative estimate of drug-likeness (QED) is 0.634. The van der Waals surface area contributed by atoms with Gasteiger partial charge in [-0.25, -0.2) is 0 Å². The zero-order valence-corrected chi connectivity index (χ0v) is 15.8. The van der Waals surface area contributed by atoms with E-state index in [9.17, 15) is 5.11 Å². The molecule has 0 bridgehead atoms. The molecule has 1 saturated heterocycles. The van der Waals surface area contributed by atoms with Gasteiger partial charge in [0.2, 0.25) is 0 Å². The zero-order valence-electron chi connectivity index (χ0n) is 14.8. The van der Waals surface area contributed by atoms with Crippen molar-refractivity contribution in [3.05, 3.63) is 12.7 Å². The molecule has 2 saturated carbocycles. The molecule has 3 nitrogen and oxygen atoms in total. The van der Waals surface area contributed by atoms with Crippen molar-refractivity contribution in [3.63, 3.8) is 0 Å². The normalized spacial score (nSPS) is 44.4. The molecule has 22 heavy (non-hydrogen) atoms. The Kier molecular flexibility index (Phi) is 3.73. The van der Waals surface area contributed by atoms with Crippen LogP contribution in [0.5, 0.6) is 0 Å². The first kappa shape index (κ1) is 16.7. The van der Waals surface area contributed by atoms with Crippen molar-refractivity contribution in [3.8, 4) is 0 Å². The maximum Gasteiger partial charge on any atom is 0.192 e. The Morgan fingerprint density at radius 3 is 2.59 bits per heavy atom. The Bertz CT molecular complexity index is 461. The molecule has 1 N–H and O–H groups in total. The molecule has 0 spiro atoms. The summed E-state index contributed by atoms with van der Waals surface area (Å²) >= 11 is 0. The Labute approximate surface area is 136 Å². The smallest absolute Gasteiger partial charge is 0.192 e. The van der Waals surface area contributed by atoms with Crippen molar-refractivity contribution in [1.82, 2.24) is 0 Å². The fourth-order valence-electron chi connectivity index (χ4n) is 4.91. The first-order valence-electron chi connectivity index (χ1n) is 8.67. The second kappa shape index (κ2) is 4.92. The zero-order chi connectivity index (χ0) is 16.4. The van der Waals surface area contributed by atoms with Crippen LogP contribution in [-0.4, -0.2) is 38.8 Å². The number of ether oxygens (including phenoxy) is 1. The molecule has 0 amide bonds. The van der Waals surface area contributed by atoms with Gasteiger partial charge in [0, 0.05) is 12.0 Å². The van der Waals surface area contributed by atoms with Crippen LogP contribution in [-0.2, 0) is 9.16 Å². The fourth-order valence-corrected chi connectivity index (χ4v) is 5.94. The summed E-state index contributed by atoms with van der Waals surface area (Å²) in [7, 11) is -1.82. The van der Waals surface area contributed by atoms with Gasteiger partial charge in [-0.15, -0.1) is 6.58 Å². The molecule has 1 aliphatic heterocycles. The fraction of sp³-hybridized carbons (Fsp3) is 0.889. The monoisotopic (exact) mass is 324 g/mol. The molecule has 0 aromatic carbocycles. The molecule has 3 rings (SSSR count). The van der Waals surface area contributed by atoms with Crippen LogP contribution in [0.2, 0.25) is 18.1 Å². The molecule has 3 fully saturated rings. The minimum absolute atomic E-state index is 0.161. The van der Waals surface area contributed by atoms with Gasteiger partial charge in [-0.1, -0.05) is 26.8 Å². The van der Waals surface area contributed by atoms with Crippen molar-refractivity contribution >= 4 is 8.32 Å². The van der Waals surface area contributed by atoms with E-state index in [0.717, 1.165) is 26.1 Å². The lowest BCUT2D eigenvalue weighted by Gasteiger charge is -2.60. The van der Waals surface area contributed by atoms with Crippen molar-refractivity contribution in [2.75, 3.05) is 19.8 Å². The highest BCUT2D eigenvalue weighted by molar-refractivity contribution is 6.74. The molecule has 0 unspecified atom stereocenters. The molecular formula is C18H32O3Si. The molecule has 1 heterocycles. The number of fused-ring (bicyclic) bond motifs is 4. The number of hydrogen-bond donors (Lipinski definition) is 1. The van der Waals surface area contributed by atoms with Gasteiger partial charge in [-0.05, 0) is 48.7 Å². The van der Waals surface area contributed by atoms with Crippen LogP contribution < -0.4 is 0 Å². The summed E-state index contributed by atoms with van der Waals surface area (Å²) in [4.78, 5) is 0. The van der Waals surface area contributed by atoms with E-state index >= 15 is 0 Å². The van der Waals surface area contributed by atoms with Crippen LogP contribution in [0.1, 0.15) is 33.6 Å². The number of hydrogen-bond acceptors (Lipinski definition) is 3. The van der Waals surface area contributed by atoms with E-state index in [1.54, 1.807) is 6.08 Å². The van der Waals surface area contributed by atoms with Crippen LogP contribution in [0.25, 0.3) is 0 Å². The Morgan fingerprint density at radius 1 is 1.32 bits per heavy atom. The Hall–Kier alpha value is -0.163. The van der Waals surface area contributed by atoms with Crippen molar-refractivity contribution in [2.24, 2.45) is 23.2 Å². The lowest BCUT2D eigenvalue weighted by Crippen LogP contribution is -2.66. The average molecular weight is 325 g/mol.